The molecule has 2 fully saturated rings. The van der Waals surface area contributed by atoms with Crippen LogP contribution in [0.5, 0.6) is 5.75 Å². The Kier molecular flexibility index (Phi) is 3.93. The molecule has 2 aliphatic rings. The molecule has 2 heteroatoms. The van der Waals surface area contributed by atoms with Gasteiger partial charge in [0.2, 0.25) is 0 Å². The fourth-order valence-corrected chi connectivity index (χ4v) is 4.08. The second-order valence-electron chi connectivity index (χ2n) is 6.52. The molecule has 20 heavy (non-hydrogen) atoms. The van der Waals surface area contributed by atoms with Gasteiger partial charge in [0.1, 0.15) is 18.2 Å². The average molecular weight is 272 g/mol. The Morgan fingerprint density at radius 1 is 1.30 bits per heavy atom. The summed E-state index contributed by atoms with van der Waals surface area (Å²) < 4.78 is 5.45. The van der Waals surface area contributed by atoms with E-state index in [2.05, 4.69) is 36.5 Å². The molecule has 1 N–H and O–H groups in total. The summed E-state index contributed by atoms with van der Waals surface area (Å²) in [6, 6.07) is 9.40. The van der Waals surface area contributed by atoms with Gasteiger partial charge in [0.15, 0.2) is 0 Å². The quantitative estimate of drug-likeness (QED) is 0.826. The molecule has 2 nitrogen and oxygen atoms in total. The lowest BCUT2D eigenvalue weighted by atomic mass is 9.64. The molecular formula is C18H26NO+. The minimum Gasteiger partial charge on any atom is -0.497 e. The van der Waals surface area contributed by atoms with E-state index in [1.165, 1.54) is 44.1 Å². The van der Waals surface area contributed by atoms with Crippen LogP contribution in [0.1, 0.15) is 51.0 Å². The highest BCUT2D eigenvalue weighted by atomic mass is 16.5. The average Bonchev–Trinajstić information content (AvgIpc) is 2.68. The van der Waals surface area contributed by atoms with E-state index in [0.717, 1.165) is 12.3 Å². The van der Waals surface area contributed by atoms with Gasteiger partial charge in [0.25, 0.3) is 0 Å². The van der Waals surface area contributed by atoms with Crippen molar-refractivity contribution in [2.75, 3.05) is 13.7 Å². The summed E-state index contributed by atoms with van der Waals surface area (Å²) in [5.74, 6) is 2.59. The van der Waals surface area contributed by atoms with E-state index in [1.54, 1.807) is 13.0 Å². The molecule has 1 aromatic rings. The molecule has 1 saturated heterocycles. The molecule has 2 atom stereocenters. The third-order valence-electron chi connectivity index (χ3n) is 5.33. The van der Waals surface area contributed by atoms with Gasteiger partial charge in [0, 0.05) is 11.5 Å². The predicted molar refractivity (Wildman–Crippen MR) is 83.1 cm³/mol. The third-order valence-corrected chi connectivity index (χ3v) is 5.33. The maximum absolute atomic E-state index is 5.45. The number of benzene rings is 1. The second-order valence-corrected chi connectivity index (χ2v) is 6.52. The van der Waals surface area contributed by atoms with Gasteiger partial charge in [-0.05, 0) is 37.0 Å². The summed E-state index contributed by atoms with van der Waals surface area (Å²) in [6.45, 7) is 3.39. The van der Waals surface area contributed by atoms with Crippen LogP contribution in [0.25, 0.3) is 0 Å². The minimum atomic E-state index is 0.310. The van der Waals surface area contributed by atoms with E-state index in [4.69, 9.17) is 4.74 Å². The molecule has 0 radical (unpaired) electrons. The largest absolute Gasteiger partial charge is 0.497 e. The Balaban J connectivity index is 1.99. The van der Waals surface area contributed by atoms with Crippen LogP contribution in [0.3, 0.4) is 0 Å². The Hall–Kier alpha value is -1.15. The number of hydrogen-bond acceptors (Lipinski definition) is 2. The van der Waals surface area contributed by atoms with Gasteiger partial charge in [-0.3, -0.25) is 5.32 Å². The molecule has 1 aliphatic carbocycles. The first kappa shape index (κ1) is 13.8. The Bertz CT molecular complexity index is 458. The zero-order chi connectivity index (χ0) is 14.0. The van der Waals surface area contributed by atoms with Gasteiger partial charge < -0.3 is 4.74 Å². The molecule has 1 heterocycles. The fourth-order valence-electron chi connectivity index (χ4n) is 4.08. The topological polar surface area (TPSA) is 21.3 Å². The molecule has 108 valence electrons. The maximum Gasteiger partial charge on any atom is 0.141 e. The van der Waals surface area contributed by atoms with E-state index in [9.17, 15) is 0 Å². The molecule has 0 aromatic heterocycles. The Morgan fingerprint density at radius 3 is 3.05 bits per heavy atom. The number of rotatable bonds is 2. The van der Waals surface area contributed by atoms with Crippen LogP contribution in [0, 0.1) is 5.92 Å². The van der Waals surface area contributed by atoms with Gasteiger partial charge in [-0.2, -0.15) is 0 Å². The van der Waals surface area contributed by atoms with Crippen molar-refractivity contribution in [2.45, 2.75) is 56.9 Å². The zero-order valence-electron chi connectivity index (χ0n) is 12.7. The Morgan fingerprint density at radius 2 is 2.20 bits per heavy atom. The molecule has 0 amide bonds. The highest BCUT2D eigenvalue weighted by Gasteiger charge is 2.45. The van der Waals surface area contributed by atoms with Crippen molar-refractivity contribution in [2.24, 2.45) is 0 Å². The van der Waals surface area contributed by atoms with Crippen LogP contribution in [-0.2, 0) is 5.41 Å². The second kappa shape index (κ2) is 5.69. The van der Waals surface area contributed by atoms with E-state index in [-0.39, 0.29) is 0 Å². The lowest BCUT2D eigenvalue weighted by Gasteiger charge is -2.43. The highest BCUT2D eigenvalue weighted by molar-refractivity contribution is 5.36. The van der Waals surface area contributed by atoms with Gasteiger partial charge in [-0.25, -0.2) is 0 Å². The lowest BCUT2D eigenvalue weighted by Crippen LogP contribution is -2.49. The summed E-state index contributed by atoms with van der Waals surface area (Å²) in [6.07, 6.45) is 7.87. The van der Waals surface area contributed by atoms with Gasteiger partial charge in [-0.1, -0.05) is 25.0 Å². The summed E-state index contributed by atoms with van der Waals surface area (Å²) in [5, 5.41) is 3.83. The van der Waals surface area contributed by atoms with E-state index in [0.29, 0.717) is 11.5 Å². The molecular weight excluding hydrogens is 246 g/mol. The van der Waals surface area contributed by atoms with Crippen molar-refractivity contribution >= 4 is 0 Å². The first-order valence-corrected chi connectivity index (χ1v) is 7.94. The van der Waals surface area contributed by atoms with E-state index in [1.807, 2.05) is 0 Å². The molecule has 0 bridgehead atoms. The summed E-state index contributed by atoms with van der Waals surface area (Å²) >= 11 is 0. The standard InChI is InChI=1S/C18H26NO/c1-14-9-11-18(10-4-3-8-17(18)19-13-14)15-6-5-7-16(12-15)20-2/h5-7,12,17,19H,3-4,8-11,13H2,1-2H3/q+1/t17-,18+/m1/s1. The number of hydrogen-bond donors (Lipinski definition) is 1. The highest BCUT2D eigenvalue weighted by Crippen LogP contribution is 2.46. The van der Waals surface area contributed by atoms with E-state index >= 15 is 0 Å². The number of ether oxygens (including phenoxy) is 1. The van der Waals surface area contributed by atoms with Crippen LogP contribution < -0.4 is 10.1 Å². The third kappa shape index (κ3) is 2.42. The first-order chi connectivity index (χ1) is 9.74. The zero-order valence-corrected chi connectivity index (χ0v) is 12.7. The first-order valence-electron chi connectivity index (χ1n) is 7.94. The smallest absolute Gasteiger partial charge is 0.141 e. The van der Waals surface area contributed by atoms with Gasteiger partial charge in [-0.15, -0.1) is 0 Å². The molecule has 1 aliphatic heterocycles. The fraction of sp³-hybridized carbons (Fsp3) is 0.611. The minimum absolute atomic E-state index is 0.310. The summed E-state index contributed by atoms with van der Waals surface area (Å²) in [4.78, 5) is 0. The van der Waals surface area contributed by atoms with Crippen molar-refractivity contribution in [3.05, 3.63) is 35.7 Å². The van der Waals surface area contributed by atoms with Crippen molar-refractivity contribution in [1.29, 1.82) is 0 Å². The van der Waals surface area contributed by atoms with Crippen LogP contribution >= 0.6 is 0 Å². The normalized spacial score (nSPS) is 30.5. The van der Waals surface area contributed by atoms with Crippen molar-refractivity contribution < 1.29 is 4.74 Å². The number of nitrogens with one attached hydrogen (secondary N) is 1. The Labute approximate surface area is 122 Å². The van der Waals surface area contributed by atoms with Gasteiger partial charge in [0.05, 0.1) is 20.5 Å². The van der Waals surface area contributed by atoms with Crippen LogP contribution in [-0.4, -0.2) is 19.7 Å². The van der Waals surface area contributed by atoms with Crippen LogP contribution in [0.15, 0.2) is 24.3 Å². The van der Waals surface area contributed by atoms with Crippen LogP contribution in [0.4, 0.5) is 0 Å². The van der Waals surface area contributed by atoms with Crippen molar-refractivity contribution in [3.63, 3.8) is 0 Å². The number of methoxy groups -OCH3 is 1. The SMILES string of the molecule is COc1cccc([C@@]23CCCC[C@H]2NC[C+](C)CC3)c1. The lowest BCUT2D eigenvalue weighted by molar-refractivity contribution is 0.212. The monoisotopic (exact) mass is 272 g/mol. The summed E-state index contributed by atoms with van der Waals surface area (Å²) in [7, 11) is 1.76. The van der Waals surface area contributed by atoms with Crippen molar-refractivity contribution in [3.8, 4) is 5.75 Å². The predicted octanol–water partition coefficient (Wildman–Crippen LogP) is 3.85. The van der Waals surface area contributed by atoms with Gasteiger partial charge >= 0.3 is 0 Å². The summed E-state index contributed by atoms with van der Waals surface area (Å²) in [5.41, 5.74) is 1.79. The molecule has 3 rings (SSSR count). The van der Waals surface area contributed by atoms with E-state index < -0.39 is 0 Å². The van der Waals surface area contributed by atoms with Crippen LogP contribution in [0.2, 0.25) is 0 Å². The maximum atomic E-state index is 5.45. The van der Waals surface area contributed by atoms with Crippen molar-refractivity contribution in [1.82, 2.24) is 5.32 Å². The molecule has 1 saturated carbocycles. The number of fused-ring (bicyclic) bond motifs is 1. The molecule has 0 unspecified atom stereocenters. The molecule has 0 spiro atoms. The molecule has 1 aromatic carbocycles.